The molecule has 1 atom stereocenters. The first kappa shape index (κ1) is 11.7. The fourth-order valence-corrected chi connectivity index (χ4v) is 2.34. The Morgan fingerprint density at radius 2 is 1.91 bits per heavy atom. The van der Waals surface area contributed by atoms with Crippen molar-refractivity contribution in [3.05, 3.63) is 0 Å². The molecule has 0 N–H and O–H groups in total. The first-order chi connectivity index (χ1) is 5.35. The highest BCUT2D eigenvalue weighted by atomic mass is 32.2. The monoisotopic (exact) mass is 192 g/mol. The van der Waals surface area contributed by atoms with Crippen molar-refractivity contribution in [2.45, 2.75) is 37.9 Å². The van der Waals surface area contributed by atoms with E-state index in [4.69, 9.17) is 0 Å². The summed E-state index contributed by atoms with van der Waals surface area (Å²) in [6.45, 7) is 2.29. The zero-order valence-electron chi connectivity index (χ0n) is 7.93. The Morgan fingerprint density at radius 1 is 1.18 bits per heavy atom. The highest BCUT2D eigenvalue weighted by molar-refractivity contribution is 7.99. The zero-order chi connectivity index (χ0) is 8.53. The van der Waals surface area contributed by atoms with Crippen molar-refractivity contribution < 1.29 is 0 Å². The van der Waals surface area contributed by atoms with E-state index in [-0.39, 0.29) is 0 Å². The molecule has 68 valence electrons. The molecule has 0 saturated heterocycles. The Hall–Kier alpha value is 0.700. The average molecular weight is 192 g/mol. The predicted molar refractivity (Wildman–Crippen MR) is 59.8 cm³/mol. The highest BCUT2D eigenvalue weighted by Gasteiger charge is 2.01. The van der Waals surface area contributed by atoms with Crippen LogP contribution in [0.2, 0.25) is 0 Å². The molecule has 0 aliphatic carbocycles. The van der Waals surface area contributed by atoms with Crippen molar-refractivity contribution in [3.63, 3.8) is 0 Å². The lowest BCUT2D eigenvalue weighted by molar-refractivity contribution is 0.675. The van der Waals surface area contributed by atoms with Gasteiger partial charge in [0.2, 0.25) is 0 Å². The van der Waals surface area contributed by atoms with E-state index < -0.39 is 0 Å². The van der Waals surface area contributed by atoms with Gasteiger partial charge in [-0.05, 0) is 37.5 Å². The van der Waals surface area contributed by atoms with Gasteiger partial charge in [-0.15, -0.1) is 0 Å². The van der Waals surface area contributed by atoms with Crippen LogP contribution in [-0.4, -0.2) is 23.5 Å². The Bertz CT molecular complexity index is 70.0. The number of thioether (sulfide) groups is 2. The van der Waals surface area contributed by atoms with Crippen LogP contribution in [0.15, 0.2) is 0 Å². The lowest BCUT2D eigenvalue weighted by atomic mass is 10.2. The zero-order valence-corrected chi connectivity index (χ0v) is 9.56. The molecule has 0 saturated carbocycles. The van der Waals surface area contributed by atoms with Crippen molar-refractivity contribution in [2.75, 3.05) is 18.3 Å². The van der Waals surface area contributed by atoms with E-state index in [1.807, 2.05) is 23.5 Å². The van der Waals surface area contributed by atoms with E-state index in [1.54, 1.807) is 0 Å². The lowest BCUT2D eigenvalue weighted by Crippen LogP contribution is -1.99. The van der Waals surface area contributed by atoms with Gasteiger partial charge in [-0.25, -0.2) is 0 Å². The van der Waals surface area contributed by atoms with Crippen LogP contribution in [0, 0.1) is 0 Å². The molecule has 0 rings (SSSR count). The molecule has 0 radical (unpaired) electrons. The van der Waals surface area contributed by atoms with E-state index in [2.05, 4.69) is 19.4 Å². The maximum atomic E-state index is 2.29. The summed E-state index contributed by atoms with van der Waals surface area (Å²) in [4.78, 5) is 0. The molecule has 0 spiro atoms. The minimum absolute atomic E-state index is 0.914. The maximum Gasteiger partial charge on any atom is 0.00416 e. The Labute approximate surface area is 79.9 Å². The highest BCUT2D eigenvalue weighted by Crippen LogP contribution is 2.17. The second kappa shape index (κ2) is 8.79. The quantitative estimate of drug-likeness (QED) is 0.565. The van der Waals surface area contributed by atoms with E-state index in [1.165, 1.54) is 31.4 Å². The van der Waals surface area contributed by atoms with Crippen LogP contribution in [0.25, 0.3) is 0 Å². The fourth-order valence-electron chi connectivity index (χ4n) is 1.11. The molecule has 0 nitrogen and oxygen atoms in total. The summed E-state index contributed by atoms with van der Waals surface area (Å²) in [6.07, 6.45) is 9.98. The summed E-state index contributed by atoms with van der Waals surface area (Å²) in [5, 5.41) is 0.914. The minimum atomic E-state index is 0.914. The van der Waals surface area contributed by atoms with Crippen molar-refractivity contribution in [3.8, 4) is 0 Å². The van der Waals surface area contributed by atoms with Gasteiger partial charge in [-0.2, -0.15) is 23.5 Å². The molecular formula is C9H20S2. The molecule has 0 bridgehead atoms. The molecular weight excluding hydrogens is 172 g/mol. The molecule has 0 aliphatic heterocycles. The third-order valence-corrected chi connectivity index (χ3v) is 3.85. The van der Waals surface area contributed by atoms with E-state index >= 15 is 0 Å². The Balaban J connectivity index is 3.07. The lowest BCUT2D eigenvalue weighted by Gasteiger charge is -2.10. The van der Waals surface area contributed by atoms with Crippen molar-refractivity contribution in [2.24, 2.45) is 0 Å². The smallest absolute Gasteiger partial charge is 0.00416 e. The van der Waals surface area contributed by atoms with Gasteiger partial charge in [0, 0.05) is 5.25 Å². The van der Waals surface area contributed by atoms with Gasteiger partial charge < -0.3 is 0 Å². The van der Waals surface area contributed by atoms with Crippen LogP contribution in [0.3, 0.4) is 0 Å². The summed E-state index contributed by atoms with van der Waals surface area (Å²) >= 11 is 3.98. The number of hydrogen-bond donors (Lipinski definition) is 0. The maximum absolute atomic E-state index is 2.29. The largest absolute Gasteiger partial charge is 0.165 e. The van der Waals surface area contributed by atoms with Gasteiger partial charge in [0.25, 0.3) is 0 Å². The average Bonchev–Trinajstić information content (AvgIpc) is 2.05. The molecule has 0 aromatic heterocycles. The van der Waals surface area contributed by atoms with E-state index in [0.29, 0.717) is 0 Å². The second-order valence-electron chi connectivity index (χ2n) is 2.75. The summed E-state index contributed by atoms with van der Waals surface area (Å²) in [5.41, 5.74) is 0. The van der Waals surface area contributed by atoms with Crippen LogP contribution >= 0.6 is 23.5 Å². The van der Waals surface area contributed by atoms with Gasteiger partial charge >= 0.3 is 0 Å². The molecule has 0 fully saturated rings. The summed E-state index contributed by atoms with van der Waals surface area (Å²) < 4.78 is 0. The summed E-state index contributed by atoms with van der Waals surface area (Å²) in [7, 11) is 0. The van der Waals surface area contributed by atoms with Crippen LogP contribution < -0.4 is 0 Å². The van der Waals surface area contributed by atoms with Gasteiger partial charge in [-0.3, -0.25) is 0 Å². The van der Waals surface area contributed by atoms with Crippen molar-refractivity contribution in [1.82, 2.24) is 0 Å². The van der Waals surface area contributed by atoms with Crippen LogP contribution in [0.1, 0.15) is 32.6 Å². The van der Waals surface area contributed by atoms with Crippen LogP contribution in [0.5, 0.6) is 0 Å². The molecule has 0 aromatic carbocycles. The molecule has 0 amide bonds. The van der Waals surface area contributed by atoms with E-state index in [9.17, 15) is 0 Å². The Kier molecular flexibility index (Phi) is 9.35. The predicted octanol–water partition coefficient (Wildman–Crippen LogP) is 3.66. The van der Waals surface area contributed by atoms with Gasteiger partial charge in [-0.1, -0.05) is 13.3 Å². The van der Waals surface area contributed by atoms with Crippen molar-refractivity contribution in [1.29, 1.82) is 0 Å². The molecule has 2 heteroatoms. The van der Waals surface area contributed by atoms with Gasteiger partial charge in [0.1, 0.15) is 0 Å². The SMILES string of the molecule is CCC(CCCCSC)SC. The van der Waals surface area contributed by atoms with Crippen molar-refractivity contribution >= 4 is 23.5 Å². The second-order valence-corrected chi connectivity index (χ2v) is 4.88. The molecule has 11 heavy (non-hydrogen) atoms. The number of rotatable bonds is 7. The summed E-state index contributed by atoms with van der Waals surface area (Å²) in [6, 6.07) is 0. The number of unbranched alkanes of at least 4 members (excludes halogenated alkanes) is 1. The first-order valence-corrected chi connectivity index (χ1v) is 7.05. The van der Waals surface area contributed by atoms with Gasteiger partial charge in [0.15, 0.2) is 0 Å². The third-order valence-electron chi connectivity index (χ3n) is 1.91. The number of hydrogen-bond acceptors (Lipinski definition) is 2. The topological polar surface area (TPSA) is 0 Å². The first-order valence-electron chi connectivity index (χ1n) is 4.36. The third kappa shape index (κ3) is 7.07. The standard InChI is InChI=1S/C9H20S2/c1-4-9(11-3)7-5-6-8-10-2/h9H,4-8H2,1-3H3. The van der Waals surface area contributed by atoms with Crippen LogP contribution in [-0.2, 0) is 0 Å². The van der Waals surface area contributed by atoms with Gasteiger partial charge in [0.05, 0.1) is 0 Å². The minimum Gasteiger partial charge on any atom is -0.165 e. The van der Waals surface area contributed by atoms with Crippen LogP contribution in [0.4, 0.5) is 0 Å². The molecule has 0 aliphatic rings. The fraction of sp³-hybridized carbons (Fsp3) is 1.00. The molecule has 0 heterocycles. The van der Waals surface area contributed by atoms with E-state index in [0.717, 1.165) is 5.25 Å². The molecule has 0 aromatic rings. The Morgan fingerprint density at radius 3 is 2.36 bits per heavy atom. The normalized spacial score (nSPS) is 13.4. The summed E-state index contributed by atoms with van der Waals surface area (Å²) in [5.74, 6) is 1.34. The molecule has 1 unspecified atom stereocenters.